The molecule has 1 saturated heterocycles. The largest absolute Gasteiger partial charge is 0.116 e. The second-order valence-electron chi connectivity index (χ2n) is 4.22. The van der Waals surface area contributed by atoms with Gasteiger partial charge in [0.05, 0.1) is 0 Å². The molecule has 0 N–H and O–H groups in total. The van der Waals surface area contributed by atoms with Crippen molar-refractivity contribution in [2.45, 2.75) is 56.5 Å². The average Bonchev–Trinajstić information content (AvgIpc) is 2.07. The molecule has 0 aromatic heterocycles. The molecule has 11 heavy (non-hydrogen) atoms. The monoisotopic (exact) mass is 170 g/mol. The van der Waals surface area contributed by atoms with Crippen LogP contribution in [0.1, 0.15) is 51.4 Å². The minimum Gasteiger partial charge on any atom is -0.116 e. The third-order valence-corrected chi connectivity index (χ3v) is 5.50. The normalized spacial score (nSPS) is 32.7. The Kier molecular flexibility index (Phi) is 2.51. The third kappa shape index (κ3) is 1.78. The summed E-state index contributed by atoms with van der Waals surface area (Å²) in [5.41, 5.74) is 0. The molecule has 1 unspecified atom stereocenters. The summed E-state index contributed by atoms with van der Waals surface area (Å²) in [5, 5.41) is 0.885. The van der Waals surface area contributed by atoms with Crippen LogP contribution in [0.25, 0.3) is 0 Å². The second kappa shape index (κ2) is 3.44. The smallest absolute Gasteiger partial charge is 0.0122 e. The van der Waals surface area contributed by atoms with Gasteiger partial charge < -0.3 is 0 Å². The second-order valence-corrected chi connectivity index (χ2v) is 6.14. The van der Waals surface area contributed by atoms with E-state index in [-0.39, 0.29) is 0 Å². The highest BCUT2D eigenvalue weighted by Gasteiger charge is 2.32. The first kappa shape index (κ1) is 8.05. The van der Waals surface area contributed by atoms with E-state index in [1.165, 1.54) is 40.7 Å². The van der Waals surface area contributed by atoms with Gasteiger partial charge in [0.2, 0.25) is 0 Å². The highest BCUT2D eigenvalue weighted by Crippen LogP contribution is 2.50. The molecule has 0 aromatic carbocycles. The number of rotatable bonds is 0. The molecule has 2 rings (SSSR count). The van der Waals surface area contributed by atoms with Crippen molar-refractivity contribution < 1.29 is 0 Å². The maximum atomic E-state index is 1.57. The van der Waals surface area contributed by atoms with Crippen molar-refractivity contribution in [1.82, 2.24) is 0 Å². The van der Waals surface area contributed by atoms with Crippen LogP contribution in [0.15, 0.2) is 0 Å². The maximum Gasteiger partial charge on any atom is -0.0122 e. The Labute approximate surface area is 71.9 Å². The summed E-state index contributed by atoms with van der Waals surface area (Å²) >= 11 is 0. The molecule has 1 saturated carbocycles. The van der Waals surface area contributed by atoms with E-state index in [4.69, 9.17) is 0 Å². The quantitative estimate of drug-likeness (QED) is 0.488. The molecule has 0 nitrogen and oxygen atoms in total. The van der Waals surface area contributed by atoms with Crippen molar-refractivity contribution in [2.24, 2.45) is 0 Å². The first-order valence-electron chi connectivity index (χ1n) is 5.16. The van der Waals surface area contributed by atoms with E-state index in [1.807, 2.05) is 0 Å². The predicted molar refractivity (Wildman–Crippen MR) is 52.8 cm³/mol. The average molecular weight is 170 g/mol. The molecule has 2 fully saturated rings. The first-order valence-corrected chi connectivity index (χ1v) is 6.37. The Balaban J connectivity index is 1.94. The fourth-order valence-corrected chi connectivity index (χ4v) is 4.70. The molecule has 1 atom stereocenters. The molecular formula is C10H19P. The zero-order valence-corrected chi connectivity index (χ0v) is 8.36. The Morgan fingerprint density at radius 3 is 2.00 bits per heavy atom. The molecule has 0 radical (unpaired) electrons. The van der Waals surface area contributed by atoms with E-state index in [0.29, 0.717) is 0 Å². The predicted octanol–water partition coefficient (Wildman–Crippen LogP) is 3.55. The molecule has 1 aliphatic heterocycles. The van der Waals surface area contributed by atoms with Crippen LogP contribution in [0.2, 0.25) is 0 Å². The molecule has 1 aliphatic carbocycles. The molecule has 0 bridgehead atoms. The lowest BCUT2D eigenvalue weighted by molar-refractivity contribution is 0.357. The maximum absolute atomic E-state index is 1.57. The summed E-state index contributed by atoms with van der Waals surface area (Å²) in [5.74, 6) is 0. The Morgan fingerprint density at radius 2 is 1.36 bits per heavy atom. The molecule has 1 spiro atoms. The fraction of sp³-hybridized carbons (Fsp3) is 1.00. The molecule has 2 aliphatic rings. The van der Waals surface area contributed by atoms with Gasteiger partial charge in [0.1, 0.15) is 0 Å². The summed E-state index contributed by atoms with van der Waals surface area (Å²) in [6.07, 6.45) is 13.9. The summed E-state index contributed by atoms with van der Waals surface area (Å²) in [6, 6.07) is 0. The van der Waals surface area contributed by atoms with E-state index >= 15 is 0 Å². The highest BCUT2D eigenvalue weighted by atomic mass is 31.1. The molecule has 1 heteroatoms. The standard InChI is InChI=1S/C10H19P/c1-2-6-10(7-3-1)8-4-5-9-11-10/h11H,1-9H2. The summed E-state index contributed by atoms with van der Waals surface area (Å²) in [4.78, 5) is 0. The Morgan fingerprint density at radius 1 is 0.727 bits per heavy atom. The molecule has 0 aromatic rings. The van der Waals surface area contributed by atoms with Gasteiger partial charge in [-0.15, -0.1) is 8.58 Å². The van der Waals surface area contributed by atoms with E-state index in [0.717, 1.165) is 5.16 Å². The van der Waals surface area contributed by atoms with Crippen LogP contribution >= 0.6 is 8.58 Å². The SMILES string of the molecule is C1CCC2(CC1)CCCCP2. The van der Waals surface area contributed by atoms with Gasteiger partial charge in [-0.2, -0.15) is 0 Å². The molecule has 0 amide bonds. The van der Waals surface area contributed by atoms with Gasteiger partial charge >= 0.3 is 0 Å². The van der Waals surface area contributed by atoms with Crippen molar-refractivity contribution in [3.63, 3.8) is 0 Å². The highest BCUT2D eigenvalue weighted by molar-refractivity contribution is 7.40. The van der Waals surface area contributed by atoms with Gasteiger partial charge in [-0.25, -0.2) is 0 Å². The van der Waals surface area contributed by atoms with Gasteiger partial charge in [0.25, 0.3) is 0 Å². The molecule has 64 valence electrons. The van der Waals surface area contributed by atoms with Crippen LogP contribution in [0.3, 0.4) is 0 Å². The van der Waals surface area contributed by atoms with E-state index < -0.39 is 0 Å². The van der Waals surface area contributed by atoms with Crippen molar-refractivity contribution in [3.05, 3.63) is 0 Å². The van der Waals surface area contributed by atoms with E-state index in [9.17, 15) is 0 Å². The minimum absolute atomic E-state index is 0.885. The van der Waals surface area contributed by atoms with E-state index in [2.05, 4.69) is 0 Å². The van der Waals surface area contributed by atoms with Crippen molar-refractivity contribution in [1.29, 1.82) is 0 Å². The van der Waals surface area contributed by atoms with Gasteiger partial charge in [0.15, 0.2) is 0 Å². The lowest BCUT2D eigenvalue weighted by Crippen LogP contribution is -2.29. The fourth-order valence-electron chi connectivity index (χ4n) is 2.69. The molecule has 1 heterocycles. The van der Waals surface area contributed by atoms with Gasteiger partial charge in [-0.1, -0.05) is 25.7 Å². The van der Waals surface area contributed by atoms with Crippen molar-refractivity contribution >= 4 is 8.58 Å². The number of hydrogen-bond acceptors (Lipinski definition) is 0. The third-order valence-electron chi connectivity index (χ3n) is 3.39. The van der Waals surface area contributed by atoms with Gasteiger partial charge in [-0.3, -0.25) is 0 Å². The van der Waals surface area contributed by atoms with Crippen molar-refractivity contribution in [2.75, 3.05) is 6.16 Å². The van der Waals surface area contributed by atoms with Crippen LogP contribution in [0.5, 0.6) is 0 Å². The van der Waals surface area contributed by atoms with Gasteiger partial charge in [-0.05, 0) is 37.0 Å². The van der Waals surface area contributed by atoms with Gasteiger partial charge in [0, 0.05) is 0 Å². The van der Waals surface area contributed by atoms with Crippen LogP contribution in [0.4, 0.5) is 0 Å². The van der Waals surface area contributed by atoms with Crippen LogP contribution in [0, 0.1) is 0 Å². The van der Waals surface area contributed by atoms with Crippen LogP contribution < -0.4 is 0 Å². The van der Waals surface area contributed by atoms with Crippen LogP contribution in [-0.2, 0) is 0 Å². The lowest BCUT2D eigenvalue weighted by Gasteiger charge is -2.40. The van der Waals surface area contributed by atoms with E-state index in [1.54, 1.807) is 25.4 Å². The minimum atomic E-state index is 0.885. The lowest BCUT2D eigenvalue weighted by atomic mass is 9.84. The zero-order chi connectivity index (χ0) is 7.57. The summed E-state index contributed by atoms with van der Waals surface area (Å²) in [6.45, 7) is 0. The Hall–Kier alpha value is 0.430. The Bertz CT molecular complexity index is 99.3. The van der Waals surface area contributed by atoms with Crippen LogP contribution in [-0.4, -0.2) is 11.3 Å². The first-order chi connectivity index (χ1) is 5.41. The molecular weight excluding hydrogens is 151 g/mol. The summed E-state index contributed by atoms with van der Waals surface area (Å²) < 4.78 is 0. The van der Waals surface area contributed by atoms with Crippen molar-refractivity contribution in [3.8, 4) is 0 Å². The zero-order valence-electron chi connectivity index (χ0n) is 7.36. The topological polar surface area (TPSA) is 0 Å². The number of hydrogen-bond donors (Lipinski definition) is 0. The summed E-state index contributed by atoms with van der Waals surface area (Å²) in [7, 11) is 1.32.